The van der Waals surface area contributed by atoms with E-state index in [0.717, 1.165) is 97.7 Å². The van der Waals surface area contributed by atoms with Gasteiger partial charge in [-0.1, -0.05) is 41.4 Å². The Bertz CT molecular complexity index is 2270. The number of carbonyl (C=O) groups is 1. The molecule has 0 radical (unpaired) electrons. The summed E-state index contributed by atoms with van der Waals surface area (Å²) in [5.41, 5.74) is 9.47. The number of carboxylic acid groups (broad SMARTS) is 1. The first kappa shape index (κ1) is 32.4. The van der Waals surface area contributed by atoms with Gasteiger partial charge < -0.3 is 14.4 Å². The summed E-state index contributed by atoms with van der Waals surface area (Å²) in [6, 6.07) is 16.9. The van der Waals surface area contributed by atoms with E-state index in [1.165, 1.54) is 17.0 Å². The zero-order valence-corrected chi connectivity index (χ0v) is 30.3. The lowest BCUT2D eigenvalue weighted by atomic mass is 9.95. The van der Waals surface area contributed by atoms with Crippen molar-refractivity contribution >= 4 is 62.8 Å². The number of fused-ring (bicyclic) bond motifs is 10. The van der Waals surface area contributed by atoms with Gasteiger partial charge in [0.25, 0.3) is 0 Å². The van der Waals surface area contributed by atoms with Crippen molar-refractivity contribution in [2.24, 2.45) is 14.1 Å². The fourth-order valence-electron chi connectivity index (χ4n) is 7.55. The van der Waals surface area contributed by atoms with Crippen LogP contribution < -0.4 is 4.74 Å². The second kappa shape index (κ2) is 13.1. The van der Waals surface area contributed by atoms with Crippen LogP contribution in [0.15, 0.2) is 53.4 Å². The van der Waals surface area contributed by atoms with Gasteiger partial charge in [-0.15, -0.1) is 23.5 Å². The third-order valence-electron chi connectivity index (χ3n) is 9.80. The molecule has 49 heavy (non-hydrogen) atoms. The van der Waals surface area contributed by atoms with Crippen LogP contribution in [0.4, 0.5) is 0 Å². The number of hydrogen-bond donors (Lipinski definition) is 1. The molecule has 5 heterocycles. The van der Waals surface area contributed by atoms with Gasteiger partial charge in [0.1, 0.15) is 11.4 Å². The molecule has 252 valence electrons. The van der Waals surface area contributed by atoms with Crippen LogP contribution in [0, 0.1) is 6.92 Å². The Kier molecular flexibility index (Phi) is 8.66. The molecular formula is C38H38ClN5O3S2. The number of nitrogens with zero attached hydrogens (tertiary/aromatic N) is 5. The predicted octanol–water partition coefficient (Wildman–Crippen LogP) is 8.98. The number of carboxylic acids is 1. The molecule has 2 aliphatic heterocycles. The monoisotopic (exact) mass is 711 g/mol. The van der Waals surface area contributed by atoms with Gasteiger partial charge in [-0.25, -0.2) is 4.79 Å². The van der Waals surface area contributed by atoms with Gasteiger partial charge in [-0.3, -0.25) is 9.36 Å². The molecule has 0 fully saturated rings. The summed E-state index contributed by atoms with van der Waals surface area (Å²) in [5.74, 6) is 2.14. The van der Waals surface area contributed by atoms with Gasteiger partial charge in [-0.2, -0.15) is 10.2 Å². The second-order valence-corrected chi connectivity index (χ2v) is 15.5. The van der Waals surface area contributed by atoms with Crippen molar-refractivity contribution in [1.29, 1.82) is 0 Å². The van der Waals surface area contributed by atoms with Crippen molar-refractivity contribution in [3.63, 3.8) is 0 Å². The molecule has 0 saturated heterocycles. The molecule has 6 aromatic rings. The zero-order valence-electron chi connectivity index (χ0n) is 27.9. The Morgan fingerprint density at radius 2 is 1.80 bits per heavy atom. The molecule has 3 aromatic carbocycles. The van der Waals surface area contributed by atoms with E-state index in [1.807, 2.05) is 35.5 Å². The smallest absolute Gasteiger partial charge is 0.352 e. The largest absolute Gasteiger partial charge is 0.493 e. The van der Waals surface area contributed by atoms with Gasteiger partial charge in [0.05, 0.1) is 28.5 Å². The van der Waals surface area contributed by atoms with Crippen LogP contribution in [-0.2, 0) is 50.7 Å². The lowest BCUT2D eigenvalue weighted by molar-refractivity contribution is 0.0685. The first-order valence-electron chi connectivity index (χ1n) is 16.8. The number of halogens is 1. The maximum atomic E-state index is 12.9. The van der Waals surface area contributed by atoms with Crippen LogP contribution in [-0.4, -0.2) is 41.8 Å². The number of aromatic carboxylic acids is 1. The van der Waals surface area contributed by atoms with Gasteiger partial charge in [0.2, 0.25) is 0 Å². The van der Waals surface area contributed by atoms with E-state index < -0.39 is 5.97 Å². The summed E-state index contributed by atoms with van der Waals surface area (Å²) < 4.78 is 12.5. The van der Waals surface area contributed by atoms with Crippen molar-refractivity contribution < 1.29 is 14.6 Å². The number of aryl methyl sites for hydroxylation is 5. The summed E-state index contributed by atoms with van der Waals surface area (Å²) in [7, 11) is 3.87. The molecule has 1 N–H and O–H groups in total. The molecule has 0 saturated carbocycles. The van der Waals surface area contributed by atoms with Gasteiger partial charge in [0, 0.05) is 76.1 Å². The number of benzene rings is 3. The molecule has 0 amide bonds. The minimum Gasteiger partial charge on any atom is -0.493 e. The Morgan fingerprint density at radius 3 is 2.65 bits per heavy atom. The molecular weight excluding hydrogens is 674 g/mol. The van der Waals surface area contributed by atoms with Crippen LogP contribution in [0.2, 0.25) is 5.02 Å². The van der Waals surface area contributed by atoms with Crippen molar-refractivity contribution in [2.45, 2.75) is 67.7 Å². The highest BCUT2D eigenvalue weighted by molar-refractivity contribution is 7.98. The lowest BCUT2D eigenvalue weighted by Gasteiger charge is -2.16. The zero-order chi connectivity index (χ0) is 33.8. The summed E-state index contributed by atoms with van der Waals surface area (Å²) >= 11 is 10.7. The highest BCUT2D eigenvalue weighted by atomic mass is 35.5. The number of hydrogen-bond acceptors (Lipinski definition) is 6. The number of rotatable bonds is 1. The third-order valence-corrected chi connectivity index (χ3v) is 12.1. The van der Waals surface area contributed by atoms with Crippen molar-refractivity contribution in [1.82, 2.24) is 24.1 Å². The fourth-order valence-corrected chi connectivity index (χ4v) is 9.63. The van der Waals surface area contributed by atoms with E-state index in [2.05, 4.69) is 48.0 Å². The van der Waals surface area contributed by atoms with Crippen molar-refractivity contribution in [3.8, 4) is 16.9 Å². The summed E-state index contributed by atoms with van der Waals surface area (Å²) in [5, 5.41) is 24.3. The van der Waals surface area contributed by atoms with E-state index >= 15 is 0 Å². The van der Waals surface area contributed by atoms with E-state index in [1.54, 1.807) is 23.5 Å². The average molecular weight is 712 g/mol. The Morgan fingerprint density at radius 1 is 0.939 bits per heavy atom. The molecule has 8 bridgehead atoms. The minimum absolute atomic E-state index is 0.294. The number of thioether (sulfide) groups is 2. The van der Waals surface area contributed by atoms with E-state index in [0.29, 0.717) is 35.9 Å². The lowest BCUT2D eigenvalue weighted by Crippen LogP contribution is -2.11. The maximum Gasteiger partial charge on any atom is 0.352 e. The molecule has 2 aliphatic rings. The average Bonchev–Trinajstić information content (AvgIpc) is 3.71. The SMILES string of the molecule is Cc1ccc2c3cc(cc2c1)SCc1cc(nn1C)CSCc1nn2c(c1-c1c(Cl)ccc4c(c(C(=O)O)n(C)c14)CCCO3)CCCC2. The molecule has 0 unspecified atom stereocenters. The first-order chi connectivity index (χ1) is 23.8. The first-order valence-corrected chi connectivity index (χ1v) is 19.3. The molecule has 11 heteroatoms. The van der Waals surface area contributed by atoms with Crippen LogP contribution in [0.25, 0.3) is 32.8 Å². The standard InChI is InChI=1S/C38H38ClN5O3S2/c1-22-9-10-27-23(15-22)16-26-18-33(27)47-14-6-7-28-29-11-12-30(39)34(36(29)42(2)37(28)38(45)46)35-31(41-44-13-5-4-8-32(35)44)21-48-19-24-17-25(20-49-26)43(3)40-24/h9-12,15-18H,4-8,13-14,19-21H2,1-3H3,(H,45,46). The number of aromatic nitrogens is 5. The minimum atomic E-state index is -0.945. The van der Waals surface area contributed by atoms with Gasteiger partial charge >= 0.3 is 5.97 Å². The molecule has 0 atom stereocenters. The van der Waals surface area contributed by atoms with Gasteiger partial charge in [-0.05, 0) is 74.2 Å². The van der Waals surface area contributed by atoms with E-state index in [9.17, 15) is 9.90 Å². The quantitative estimate of drug-likeness (QED) is 0.182. The molecule has 8 nitrogen and oxygen atoms in total. The molecule has 3 aromatic heterocycles. The van der Waals surface area contributed by atoms with Crippen molar-refractivity contribution in [3.05, 3.63) is 93.2 Å². The maximum absolute atomic E-state index is 12.9. The molecule has 0 aliphatic carbocycles. The van der Waals surface area contributed by atoms with Crippen LogP contribution in [0.3, 0.4) is 0 Å². The topological polar surface area (TPSA) is 87.1 Å². The van der Waals surface area contributed by atoms with E-state index in [-0.39, 0.29) is 0 Å². The van der Waals surface area contributed by atoms with E-state index in [4.69, 9.17) is 26.5 Å². The number of ether oxygens (including phenoxy) is 1. The predicted molar refractivity (Wildman–Crippen MR) is 199 cm³/mol. The Balaban J connectivity index is 1.26. The second-order valence-electron chi connectivity index (χ2n) is 13.1. The summed E-state index contributed by atoms with van der Waals surface area (Å²) in [4.78, 5) is 14.0. The Labute approximate surface area is 298 Å². The highest BCUT2D eigenvalue weighted by Gasteiger charge is 2.29. The highest BCUT2D eigenvalue weighted by Crippen LogP contribution is 2.44. The van der Waals surface area contributed by atoms with Crippen LogP contribution >= 0.6 is 35.1 Å². The van der Waals surface area contributed by atoms with Crippen molar-refractivity contribution in [2.75, 3.05) is 6.61 Å². The third kappa shape index (κ3) is 5.91. The molecule has 0 spiro atoms. The normalized spacial score (nSPS) is 15.5. The van der Waals surface area contributed by atoms with Gasteiger partial charge in [0.15, 0.2) is 0 Å². The summed E-state index contributed by atoms with van der Waals surface area (Å²) in [6.07, 6.45) is 4.31. The summed E-state index contributed by atoms with van der Waals surface area (Å²) in [6.45, 7) is 3.44. The molecule has 8 rings (SSSR count). The Hall–Kier alpha value is -3.86. The van der Waals surface area contributed by atoms with Crippen LogP contribution in [0.1, 0.15) is 63.7 Å². The van der Waals surface area contributed by atoms with Crippen LogP contribution in [0.5, 0.6) is 5.75 Å². The fraction of sp³-hybridized carbons (Fsp3) is 0.342.